The average molecular weight is 226 g/mol. The zero-order valence-corrected chi connectivity index (χ0v) is 10.3. The Bertz CT molecular complexity index is 527. The molecule has 1 saturated carbocycles. The van der Waals surface area contributed by atoms with Gasteiger partial charge in [-0.25, -0.2) is 9.97 Å². The molecule has 2 aromatic rings. The van der Waals surface area contributed by atoms with Crippen LogP contribution < -0.4 is 0 Å². The molecule has 88 valence electrons. The number of hydrogen-bond acceptors (Lipinski definition) is 2. The number of aromatic nitrogens is 2. The Hall–Kier alpha value is -1.44. The van der Waals surface area contributed by atoms with Crippen LogP contribution >= 0.6 is 0 Å². The minimum absolute atomic E-state index is 0.640. The zero-order chi connectivity index (χ0) is 11.7. The van der Waals surface area contributed by atoms with Crippen molar-refractivity contribution in [2.45, 2.75) is 44.9 Å². The summed E-state index contributed by atoms with van der Waals surface area (Å²) in [6.45, 7) is 2.10. The third kappa shape index (κ3) is 2.04. The third-order valence-corrected chi connectivity index (χ3v) is 3.77. The van der Waals surface area contributed by atoms with Crippen molar-refractivity contribution in [1.82, 2.24) is 9.97 Å². The van der Waals surface area contributed by atoms with Crippen molar-refractivity contribution in [3.8, 4) is 0 Å². The zero-order valence-electron chi connectivity index (χ0n) is 10.3. The first kappa shape index (κ1) is 10.7. The minimum Gasteiger partial charge on any atom is -0.250 e. The summed E-state index contributed by atoms with van der Waals surface area (Å²) in [7, 11) is 0. The molecule has 0 amide bonds. The normalized spacial score (nSPS) is 17.5. The van der Waals surface area contributed by atoms with Gasteiger partial charge in [0, 0.05) is 5.92 Å². The lowest BCUT2D eigenvalue weighted by Crippen LogP contribution is -2.09. The van der Waals surface area contributed by atoms with Crippen LogP contribution in [-0.4, -0.2) is 9.97 Å². The molecule has 1 aliphatic rings. The molecule has 0 spiro atoms. The number of rotatable bonds is 1. The molecule has 0 radical (unpaired) electrons. The Kier molecular flexibility index (Phi) is 2.79. The van der Waals surface area contributed by atoms with Gasteiger partial charge in [0.05, 0.1) is 22.4 Å². The van der Waals surface area contributed by atoms with Crippen molar-refractivity contribution in [3.05, 3.63) is 35.7 Å². The number of fused-ring (bicyclic) bond motifs is 1. The van der Waals surface area contributed by atoms with Crippen molar-refractivity contribution in [1.29, 1.82) is 0 Å². The molecule has 0 bridgehead atoms. The fourth-order valence-electron chi connectivity index (χ4n) is 2.86. The number of benzene rings is 1. The molecule has 0 atom stereocenters. The van der Waals surface area contributed by atoms with Gasteiger partial charge in [-0.3, -0.25) is 0 Å². The van der Waals surface area contributed by atoms with Crippen LogP contribution in [0.15, 0.2) is 24.3 Å². The van der Waals surface area contributed by atoms with Crippen LogP contribution in [0.2, 0.25) is 0 Å². The molecule has 1 aromatic carbocycles. The summed E-state index contributed by atoms with van der Waals surface area (Å²) in [5.41, 5.74) is 4.42. The van der Waals surface area contributed by atoms with E-state index in [1.807, 2.05) is 18.2 Å². The van der Waals surface area contributed by atoms with Gasteiger partial charge in [-0.05, 0) is 31.9 Å². The van der Waals surface area contributed by atoms with Crippen LogP contribution in [0.5, 0.6) is 0 Å². The van der Waals surface area contributed by atoms with E-state index in [1.165, 1.54) is 37.8 Å². The molecule has 0 aliphatic heterocycles. The molecule has 1 aliphatic carbocycles. The first-order valence-corrected chi connectivity index (χ1v) is 6.58. The van der Waals surface area contributed by atoms with Gasteiger partial charge in [0.15, 0.2) is 0 Å². The topological polar surface area (TPSA) is 25.8 Å². The lowest BCUT2D eigenvalue weighted by Gasteiger charge is -2.22. The second-order valence-corrected chi connectivity index (χ2v) is 5.02. The van der Waals surface area contributed by atoms with Crippen LogP contribution in [0.3, 0.4) is 0 Å². The molecule has 3 rings (SSSR count). The van der Waals surface area contributed by atoms with E-state index in [1.54, 1.807) is 0 Å². The van der Waals surface area contributed by atoms with Crippen molar-refractivity contribution in [2.75, 3.05) is 0 Å². The monoisotopic (exact) mass is 226 g/mol. The van der Waals surface area contributed by atoms with E-state index in [-0.39, 0.29) is 0 Å². The summed E-state index contributed by atoms with van der Waals surface area (Å²) < 4.78 is 0. The highest BCUT2D eigenvalue weighted by molar-refractivity contribution is 5.74. The maximum atomic E-state index is 4.84. The van der Waals surface area contributed by atoms with E-state index in [0.717, 1.165) is 16.7 Å². The highest BCUT2D eigenvalue weighted by Crippen LogP contribution is 2.33. The van der Waals surface area contributed by atoms with Gasteiger partial charge in [-0.2, -0.15) is 0 Å². The third-order valence-electron chi connectivity index (χ3n) is 3.77. The van der Waals surface area contributed by atoms with Gasteiger partial charge in [0.1, 0.15) is 0 Å². The van der Waals surface area contributed by atoms with Gasteiger partial charge in [-0.1, -0.05) is 31.4 Å². The molecule has 1 fully saturated rings. The molecule has 0 saturated heterocycles. The second-order valence-electron chi connectivity index (χ2n) is 5.02. The largest absolute Gasteiger partial charge is 0.250 e. The summed E-state index contributed by atoms with van der Waals surface area (Å²) in [5, 5.41) is 0. The van der Waals surface area contributed by atoms with Gasteiger partial charge in [0.25, 0.3) is 0 Å². The molecule has 0 N–H and O–H groups in total. The molecule has 0 unspecified atom stereocenters. The lowest BCUT2D eigenvalue weighted by molar-refractivity contribution is 0.435. The van der Waals surface area contributed by atoms with Crippen LogP contribution in [0.4, 0.5) is 0 Å². The molecule has 2 heteroatoms. The lowest BCUT2D eigenvalue weighted by atomic mass is 9.86. The first-order chi connectivity index (χ1) is 8.34. The van der Waals surface area contributed by atoms with Crippen LogP contribution in [0.25, 0.3) is 11.0 Å². The maximum Gasteiger partial charge on any atom is 0.0890 e. The Balaban J connectivity index is 2.06. The van der Waals surface area contributed by atoms with E-state index in [4.69, 9.17) is 4.98 Å². The van der Waals surface area contributed by atoms with Gasteiger partial charge >= 0.3 is 0 Å². The Morgan fingerprint density at radius 1 is 0.941 bits per heavy atom. The maximum absolute atomic E-state index is 4.84. The second kappa shape index (κ2) is 4.44. The van der Waals surface area contributed by atoms with Gasteiger partial charge in [0.2, 0.25) is 0 Å². The summed E-state index contributed by atoms with van der Waals surface area (Å²) in [5.74, 6) is 0.640. The quantitative estimate of drug-likeness (QED) is 0.735. The van der Waals surface area contributed by atoms with Crippen LogP contribution in [0.1, 0.15) is 49.4 Å². The molecule has 1 aromatic heterocycles. The minimum atomic E-state index is 0.640. The predicted octanol–water partition coefficient (Wildman–Crippen LogP) is 3.99. The Labute approximate surface area is 102 Å². The Morgan fingerprint density at radius 2 is 1.59 bits per heavy atom. The number of nitrogens with zero attached hydrogens (tertiary/aromatic N) is 2. The van der Waals surface area contributed by atoms with Crippen molar-refractivity contribution >= 4 is 11.0 Å². The average Bonchev–Trinajstić information content (AvgIpc) is 2.39. The van der Waals surface area contributed by atoms with Crippen molar-refractivity contribution in [2.24, 2.45) is 0 Å². The fourth-order valence-corrected chi connectivity index (χ4v) is 2.86. The highest BCUT2D eigenvalue weighted by atomic mass is 14.8. The smallest absolute Gasteiger partial charge is 0.0890 e. The summed E-state index contributed by atoms with van der Waals surface area (Å²) in [4.78, 5) is 9.52. The Morgan fingerprint density at radius 3 is 2.29 bits per heavy atom. The first-order valence-electron chi connectivity index (χ1n) is 6.58. The van der Waals surface area contributed by atoms with Crippen LogP contribution in [0, 0.1) is 6.92 Å². The van der Waals surface area contributed by atoms with Gasteiger partial charge < -0.3 is 0 Å². The molecular formula is C15H18N2. The molecule has 1 heterocycles. The standard InChI is InChI=1S/C15H18N2/c1-11-15(12-7-3-2-4-8-12)17-14-10-6-5-9-13(14)16-11/h5-6,9-10,12H,2-4,7-8H2,1H3. The van der Waals surface area contributed by atoms with Crippen molar-refractivity contribution < 1.29 is 0 Å². The van der Waals surface area contributed by atoms with E-state index < -0.39 is 0 Å². The number of aryl methyl sites for hydroxylation is 1. The number of para-hydroxylation sites is 2. The molecule has 2 nitrogen and oxygen atoms in total. The predicted molar refractivity (Wildman–Crippen MR) is 70.1 cm³/mol. The van der Waals surface area contributed by atoms with Crippen molar-refractivity contribution in [3.63, 3.8) is 0 Å². The highest BCUT2D eigenvalue weighted by Gasteiger charge is 2.19. The van der Waals surface area contributed by atoms with Crippen LogP contribution in [-0.2, 0) is 0 Å². The fraction of sp³-hybridized carbons (Fsp3) is 0.467. The van der Waals surface area contributed by atoms with E-state index in [9.17, 15) is 0 Å². The molecule has 17 heavy (non-hydrogen) atoms. The van der Waals surface area contributed by atoms with E-state index >= 15 is 0 Å². The van der Waals surface area contributed by atoms with E-state index in [2.05, 4.69) is 18.0 Å². The summed E-state index contributed by atoms with van der Waals surface area (Å²) in [6, 6.07) is 8.17. The number of hydrogen-bond donors (Lipinski definition) is 0. The molecular weight excluding hydrogens is 208 g/mol. The SMILES string of the molecule is Cc1nc2ccccc2nc1C1CCCCC1. The van der Waals surface area contributed by atoms with Gasteiger partial charge in [-0.15, -0.1) is 0 Å². The summed E-state index contributed by atoms with van der Waals surface area (Å²) in [6.07, 6.45) is 6.65. The summed E-state index contributed by atoms with van der Waals surface area (Å²) >= 11 is 0. The van der Waals surface area contributed by atoms with E-state index in [0.29, 0.717) is 5.92 Å².